The molecule has 0 aliphatic heterocycles. The number of hydrogen-bond acceptors (Lipinski definition) is 2. The normalized spacial score (nSPS) is 12.1. The van der Waals surface area contributed by atoms with Crippen LogP contribution in [0.1, 0.15) is 62.0 Å². The van der Waals surface area contributed by atoms with Crippen LogP contribution >= 0.6 is 11.6 Å². The molecular weight excluding hydrogens is 487 g/mol. The summed E-state index contributed by atoms with van der Waals surface area (Å²) < 4.78 is 47.2. The smallest absolute Gasteiger partial charge is 0.417 e. The van der Waals surface area contributed by atoms with E-state index in [0.29, 0.717) is 15.8 Å². The van der Waals surface area contributed by atoms with E-state index < -0.39 is 11.7 Å². The molecule has 3 aromatic carbocycles. The molecule has 188 valence electrons. The van der Waals surface area contributed by atoms with Crippen LogP contribution in [-0.4, -0.2) is 5.91 Å². The van der Waals surface area contributed by atoms with Crippen LogP contribution in [0.5, 0.6) is 0 Å². The van der Waals surface area contributed by atoms with Gasteiger partial charge in [0.15, 0.2) is 0 Å². The standard InChI is InChI=1S/C29H27ClF3NO2/c1-16(2)19-9-7-10-20(17(3)4)27(19)34-26(35)15-25-21-13-12-18(30)14-23(21)28(36-25)22-8-5-6-11-24(22)29(31,32)33/h5-14,16-17H,15H2,1-4H3,(H,34,35). The van der Waals surface area contributed by atoms with Gasteiger partial charge < -0.3 is 9.73 Å². The molecule has 4 rings (SSSR count). The number of carbonyl (C=O) groups is 1. The molecule has 0 radical (unpaired) electrons. The van der Waals surface area contributed by atoms with Gasteiger partial charge in [-0.3, -0.25) is 4.79 Å². The zero-order valence-corrected chi connectivity index (χ0v) is 21.2. The van der Waals surface area contributed by atoms with Gasteiger partial charge in [0.1, 0.15) is 11.5 Å². The van der Waals surface area contributed by atoms with Crippen molar-refractivity contribution in [2.24, 2.45) is 0 Å². The molecular formula is C29H27ClF3NO2. The Bertz CT molecular complexity index is 1390. The number of nitrogens with one attached hydrogen (secondary N) is 1. The van der Waals surface area contributed by atoms with Crippen molar-refractivity contribution in [3.8, 4) is 11.3 Å². The third-order valence-electron chi connectivity index (χ3n) is 6.19. The van der Waals surface area contributed by atoms with E-state index >= 15 is 0 Å². The van der Waals surface area contributed by atoms with Crippen molar-refractivity contribution in [2.75, 3.05) is 5.32 Å². The first-order valence-corrected chi connectivity index (χ1v) is 12.1. The fourth-order valence-electron chi connectivity index (χ4n) is 4.47. The third-order valence-corrected chi connectivity index (χ3v) is 6.42. The van der Waals surface area contributed by atoms with Gasteiger partial charge in [-0.2, -0.15) is 13.2 Å². The Morgan fingerprint density at radius 2 is 1.56 bits per heavy atom. The molecule has 0 spiro atoms. The van der Waals surface area contributed by atoms with E-state index in [-0.39, 0.29) is 41.2 Å². The van der Waals surface area contributed by atoms with Gasteiger partial charge in [0.25, 0.3) is 0 Å². The predicted molar refractivity (Wildman–Crippen MR) is 139 cm³/mol. The van der Waals surface area contributed by atoms with E-state index in [1.54, 1.807) is 18.2 Å². The van der Waals surface area contributed by atoms with E-state index in [4.69, 9.17) is 16.0 Å². The molecule has 0 aliphatic rings. The van der Waals surface area contributed by atoms with Crippen molar-refractivity contribution >= 4 is 34.0 Å². The molecule has 1 heterocycles. The van der Waals surface area contributed by atoms with E-state index in [1.165, 1.54) is 18.2 Å². The second-order valence-electron chi connectivity index (χ2n) is 9.43. The van der Waals surface area contributed by atoms with Crippen molar-refractivity contribution in [2.45, 2.75) is 52.1 Å². The molecule has 0 aliphatic carbocycles. The van der Waals surface area contributed by atoms with Crippen molar-refractivity contribution in [3.05, 3.63) is 88.1 Å². The minimum absolute atomic E-state index is 0.0358. The van der Waals surface area contributed by atoms with Gasteiger partial charge in [0, 0.05) is 27.0 Å². The summed E-state index contributed by atoms with van der Waals surface area (Å²) in [6, 6.07) is 16.0. The maximum absolute atomic E-state index is 13.7. The van der Waals surface area contributed by atoms with Gasteiger partial charge in [0.05, 0.1) is 12.0 Å². The average molecular weight is 514 g/mol. The van der Waals surface area contributed by atoms with Crippen molar-refractivity contribution < 1.29 is 22.4 Å². The number of amides is 1. The molecule has 7 heteroatoms. The predicted octanol–water partition coefficient (Wildman–Crippen LogP) is 9.20. The molecule has 0 unspecified atom stereocenters. The Balaban J connectivity index is 1.77. The van der Waals surface area contributed by atoms with Crippen LogP contribution in [0.15, 0.2) is 65.1 Å². The first-order valence-electron chi connectivity index (χ1n) is 11.8. The molecule has 0 fully saturated rings. The number of anilines is 1. The first-order chi connectivity index (χ1) is 17.0. The molecule has 0 saturated carbocycles. The lowest BCUT2D eigenvalue weighted by Crippen LogP contribution is -2.17. The van der Waals surface area contributed by atoms with Crippen LogP contribution in [0.2, 0.25) is 5.02 Å². The molecule has 1 aromatic heterocycles. The minimum Gasteiger partial charge on any atom is -0.459 e. The van der Waals surface area contributed by atoms with Gasteiger partial charge in [-0.25, -0.2) is 0 Å². The average Bonchev–Trinajstić information content (AvgIpc) is 3.15. The Kier molecular flexibility index (Phi) is 7.19. The molecule has 0 atom stereocenters. The summed E-state index contributed by atoms with van der Waals surface area (Å²) in [7, 11) is 0. The SMILES string of the molecule is CC(C)c1cccc(C(C)C)c1NC(=O)Cc1oc(-c2ccccc2C(F)(F)F)c2cc(Cl)ccc12. The number of alkyl halides is 3. The molecule has 1 N–H and O–H groups in total. The maximum atomic E-state index is 13.7. The number of benzene rings is 3. The number of fused-ring (bicyclic) bond motifs is 1. The van der Waals surface area contributed by atoms with Gasteiger partial charge >= 0.3 is 6.18 Å². The summed E-state index contributed by atoms with van der Waals surface area (Å²) in [6.45, 7) is 8.24. The van der Waals surface area contributed by atoms with Crippen LogP contribution in [0.25, 0.3) is 22.1 Å². The lowest BCUT2D eigenvalue weighted by molar-refractivity contribution is -0.137. The Hall–Kier alpha value is -3.25. The Labute approximate surface area is 213 Å². The Morgan fingerprint density at radius 1 is 0.917 bits per heavy atom. The second kappa shape index (κ2) is 10.0. The summed E-state index contributed by atoms with van der Waals surface area (Å²) in [5.41, 5.74) is 1.89. The quantitative estimate of drug-likeness (QED) is 0.279. The summed E-state index contributed by atoms with van der Waals surface area (Å²) in [4.78, 5) is 13.2. The first kappa shape index (κ1) is 25.8. The highest BCUT2D eigenvalue weighted by atomic mass is 35.5. The number of para-hydroxylation sites is 1. The van der Waals surface area contributed by atoms with Crippen molar-refractivity contribution in [3.63, 3.8) is 0 Å². The molecule has 3 nitrogen and oxygen atoms in total. The largest absolute Gasteiger partial charge is 0.459 e. The van der Waals surface area contributed by atoms with Gasteiger partial charge in [-0.15, -0.1) is 0 Å². The van der Waals surface area contributed by atoms with Crippen molar-refractivity contribution in [1.82, 2.24) is 0 Å². The lowest BCUT2D eigenvalue weighted by Gasteiger charge is -2.20. The molecule has 1 amide bonds. The summed E-state index contributed by atoms with van der Waals surface area (Å²) in [5, 5.41) is 4.37. The fourth-order valence-corrected chi connectivity index (χ4v) is 4.64. The van der Waals surface area contributed by atoms with E-state index in [2.05, 4.69) is 33.0 Å². The Morgan fingerprint density at radius 3 is 2.17 bits per heavy atom. The lowest BCUT2D eigenvalue weighted by atomic mass is 9.92. The van der Waals surface area contributed by atoms with Crippen LogP contribution in [-0.2, 0) is 17.4 Å². The number of rotatable bonds is 6. The highest BCUT2D eigenvalue weighted by molar-refractivity contribution is 6.31. The van der Waals surface area contributed by atoms with Gasteiger partial charge in [0.2, 0.25) is 5.91 Å². The molecule has 0 bridgehead atoms. The minimum atomic E-state index is -4.57. The molecule has 36 heavy (non-hydrogen) atoms. The van der Waals surface area contributed by atoms with Crippen LogP contribution in [0.3, 0.4) is 0 Å². The highest BCUT2D eigenvalue weighted by Gasteiger charge is 2.35. The zero-order valence-electron chi connectivity index (χ0n) is 20.5. The summed E-state index contributed by atoms with van der Waals surface area (Å²) >= 11 is 6.18. The number of halogens is 4. The molecule has 0 saturated heterocycles. The van der Waals surface area contributed by atoms with Crippen LogP contribution < -0.4 is 5.32 Å². The number of furan rings is 1. The van der Waals surface area contributed by atoms with Gasteiger partial charge in [-0.1, -0.05) is 75.7 Å². The topological polar surface area (TPSA) is 42.2 Å². The molecule has 4 aromatic rings. The third kappa shape index (κ3) is 5.14. The summed E-state index contributed by atoms with van der Waals surface area (Å²) in [5.74, 6) is 0.381. The van der Waals surface area contributed by atoms with E-state index in [9.17, 15) is 18.0 Å². The monoisotopic (exact) mass is 513 g/mol. The van der Waals surface area contributed by atoms with E-state index in [1.807, 2.05) is 18.2 Å². The maximum Gasteiger partial charge on any atom is 0.417 e. The van der Waals surface area contributed by atoms with Gasteiger partial charge in [-0.05, 0) is 47.2 Å². The second-order valence-corrected chi connectivity index (χ2v) is 9.87. The number of hydrogen-bond donors (Lipinski definition) is 1. The zero-order chi connectivity index (χ0) is 26.2. The summed E-state index contributed by atoms with van der Waals surface area (Å²) in [6.07, 6.45) is -4.71. The van der Waals surface area contributed by atoms with Crippen LogP contribution in [0, 0.1) is 0 Å². The highest BCUT2D eigenvalue weighted by Crippen LogP contribution is 2.42. The van der Waals surface area contributed by atoms with Crippen molar-refractivity contribution in [1.29, 1.82) is 0 Å². The number of carbonyl (C=O) groups excluding carboxylic acids is 1. The van der Waals surface area contributed by atoms with Crippen LogP contribution in [0.4, 0.5) is 18.9 Å². The fraction of sp³-hybridized carbons (Fsp3) is 0.276. The van der Waals surface area contributed by atoms with E-state index in [0.717, 1.165) is 22.9 Å².